The molecule has 3 aromatic rings. The summed E-state index contributed by atoms with van der Waals surface area (Å²) in [6.07, 6.45) is 3.22. The summed E-state index contributed by atoms with van der Waals surface area (Å²) in [6.45, 7) is 0.289. The maximum atomic E-state index is 12.7. The number of rotatable bonds is 6. The highest BCUT2D eigenvalue weighted by Crippen LogP contribution is 2.34. The monoisotopic (exact) mass is 446 g/mol. The van der Waals surface area contributed by atoms with E-state index in [0.717, 1.165) is 5.56 Å². The standard InChI is InChI=1S/C19H14N2O5S3/c22-18-17(28-19(27)21(18)11-15-2-1-9-25-15)10-14-7-8-16(26-14)12-3-5-13(6-4-12)20-29(23)24/h1-10,20H,11H2,(H,23,24)/b17-10+. The summed E-state index contributed by atoms with van der Waals surface area (Å²) in [6, 6.07) is 14.0. The molecule has 29 heavy (non-hydrogen) atoms. The summed E-state index contributed by atoms with van der Waals surface area (Å²) < 4.78 is 33.6. The molecule has 1 fully saturated rings. The van der Waals surface area contributed by atoms with Crippen molar-refractivity contribution in [3.8, 4) is 11.3 Å². The first-order chi connectivity index (χ1) is 14.0. The van der Waals surface area contributed by atoms with Gasteiger partial charge in [0, 0.05) is 17.3 Å². The van der Waals surface area contributed by atoms with E-state index in [4.69, 9.17) is 25.6 Å². The van der Waals surface area contributed by atoms with Crippen molar-refractivity contribution in [2.75, 3.05) is 4.72 Å². The minimum absolute atomic E-state index is 0.193. The normalized spacial score (nSPS) is 16.6. The first-order valence-corrected chi connectivity index (χ1v) is 10.7. The number of hydrogen-bond donors (Lipinski definition) is 2. The Labute approximate surface area is 178 Å². The second-order valence-electron chi connectivity index (χ2n) is 5.98. The fourth-order valence-corrected chi connectivity index (χ4v) is 4.29. The van der Waals surface area contributed by atoms with Gasteiger partial charge in [-0.15, -0.1) is 0 Å². The summed E-state index contributed by atoms with van der Waals surface area (Å²) >= 11 is 4.41. The van der Waals surface area contributed by atoms with Gasteiger partial charge < -0.3 is 8.83 Å². The van der Waals surface area contributed by atoms with Gasteiger partial charge in [0.1, 0.15) is 21.6 Å². The first-order valence-electron chi connectivity index (χ1n) is 8.35. The molecule has 1 atom stereocenters. The molecule has 2 aromatic heterocycles. The van der Waals surface area contributed by atoms with E-state index >= 15 is 0 Å². The third kappa shape index (κ3) is 4.51. The van der Waals surface area contributed by atoms with E-state index in [9.17, 15) is 9.00 Å². The van der Waals surface area contributed by atoms with Gasteiger partial charge in [-0.1, -0.05) is 24.0 Å². The fraction of sp³-hybridized carbons (Fsp3) is 0.0526. The van der Waals surface area contributed by atoms with Crippen LogP contribution in [-0.2, 0) is 22.6 Å². The van der Waals surface area contributed by atoms with E-state index in [-0.39, 0.29) is 12.5 Å². The van der Waals surface area contributed by atoms with Crippen LogP contribution in [0, 0.1) is 0 Å². The Morgan fingerprint density at radius 2 is 2.00 bits per heavy atom. The molecule has 4 rings (SSSR count). The Hall–Kier alpha value is -2.66. The quantitative estimate of drug-likeness (QED) is 0.327. The molecule has 148 valence electrons. The summed E-state index contributed by atoms with van der Waals surface area (Å²) in [5, 5.41) is 0. The van der Waals surface area contributed by atoms with Crippen LogP contribution < -0.4 is 4.72 Å². The topological polar surface area (TPSA) is 95.9 Å². The molecule has 1 aliphatic heterocycles. The zero-order valence-corrected chi connectivity index (χ0v) is 17.2. The van der Waals surface area contributed by atoms with Gasteiger partial charge in [-0.05, 0) is 48.5 Å². The third-order valence-corrected chi connectivity index (χ3v) is 5.83. The van der Waals surface area contributed by atoms with Crippen LogP contribution in [0.5, 0.6) is 0 Å². The highest BCUT2D eigenvalue weighted by atomic mass is 32.2. The summed E-state index contributed by atoms with van der Waals surface area (Å²) in [4.78, 5) is 14.6. The highest BCUT2D eigenvalue weighted by molar-refractivity contribution is 8.26. The number of nitrogens with one attached hydrogen (secondary N) is 1. The second-order valence-corrected chi connectivity index (χ2v) is 8.36. The van der Waals surface area contributed by atoms with E-state index in [1.807, 2.05) is 0 Å². The first kappa shape index (κ1) is 19.6. The van der Waals surface area contributed by atoms with Crippen molar-refractivity contribution in [1.29, 1.82) is 0 Å². The predicted molar refractivity (Wildman–Crippen MR) is 116 cm³/mol. The average molecular weight is 447 g/mol. The van der Waals surface area contributed by atoms with Crippen LogP contribution in [0.1, 0.15) is 11.5 Å². The van der Waals surface area contributed by atoms with Crippen molar-refractivity contribution >= 4 is 57.2 Å². The van der Waals surface area contributed by atoms with E-state index in [0.29, 0.717) is 32.2 Å². The van der Waals surface area contributed by atoms with Crippen molar-refractivity contribution in [3.63, 3.8) is 0 Å². The lowest BCUT2D eigenvalue weighted by molar-refractivity contribution is -0.122. The lowest BCUT2D eigenvalue weighted by Gasteiger charge is -2.11. The van der Waals surface area contributed by atoms with Crippen LogP contribution in [-0.4, -0.2) is 23.9 Å². The van der Waals surface area contributed by atoms with Gasteiger partial charge in [-0.25, -0.2) is 4.21 Å². The molecular weight excluding hydrogens is 432 g/mol. The van der Waals surface area contributed by atoms with Crippen LogP contribution in [0.15, 0.2) is 68.5 Å². The fourth-order valence-electron chi connectivity index (χ4n) is 2.71. The number of hydrogen-bond acceptors (Lipinski definition) is 6. The van der Waals surface area contributed by atoms with Gasteiger partial charge in [0.05, 0.1) is 17.7 Å². The largest absolute Gasteiger partial charge is 0.467 e. The predicted octanol–water partition coefficient (Wildman–Crippen LogP) is 4.49. The van der Waals surface area contributed by atoms with Gasteiger partial charge in [0.25, 0.3) is 17.2 Å². The second kappa shape index (κ2) is 8.37. The SMILES string of the molecule is O=C1/C(=C\c2ccc(-c3ccc(NS(=O)O)cc3)o2)SC(=S)N1Cc1ccco1. The molecule has 0 radical (unpaired) electrons. The summed E-state index contributed by atoms with van der Waals surface area (Å²) in [5.74, 6) is 1.60. The summed E-state index contributed by atoms with van der Waals surface area (Å²) in [5.41, 5.74) is 1.31. The molecule has 7 nitrogen and oxygen atoms in total. The molecule has 0 aliphatic carbocycles. The van der Waals surface area contributed by atoms with Crippen molar-refractivity contribution in [3.05, 3.63) is 71.2 Å². The van der Waals surface area contributed by atoms with E-state index in [1.54, 1.807) is 60.9 Å². The molecule has 2 N–H and O–H groups in total. The van der Waals surface area contributed by atoms with Crippen molar-refractivity contribution in [2.24, 2.45) is 0 Å². The zero-order chi connectivity index (χ0) is 20.4. The number of carbonyl (C=O) groups excluding carboxylic acids is 1. The van der Waals surface area contributed by atoms with Gasteiger partial charge in [-0.3, -0.25) is 19.0 Å². The lowest BCUT2D eigenvalue weighted by Crippen LogP contribution is -2.27. The molecule has 1 aromatic carbocycles. The molecule has 1 amide bonds. The number of thioether (sulfide) groups is 1. The lowest BCUT2D eigenvalue weighted by atomic mass is 10.1. The van der Waals surface area contributed by atoms with Gasteiger partial charge in [-0.2, -0.15) is 0 Å². The molecule has 3 heterocycles. The van der Waals surface area contributed by atoms with Gasteiger partial charge in [0.15, 0.2) is 0 Å². The number of benzene rings is 1. The minimum atomic E-state index is -2.12. The number of amides is 1. The Morgan fingerprint density at radius 3 is 2.69 bits per heavy atom. The van der Waals surface area contributed by atoms with Crippen LogP contribution >= 0.6 is 24.0 Å². The molecule has 1 saturated heterocycles. The van der Waals surface area contributed by atoms with Crippen molar-refractivity contribution in [2.45, 2.75) is 6.54 Å². The maximum Gasteiger partial charge on any atom is 0.266 e. The van der Waals surface area contributed by atoms with Crippen LogP contribution in [0.2, 0.25) is 0 Å². The van der Waals surface area contributed by atoms with Gasteiger partial charge in [0.2, 0.25) is 0 Å². The Balaban J connectivity index is 1.49. The number of nitrogens with zero attached hydrogens (tertiary/aromatic N) is 1. The van der Waals surface area contributed by atoms with Crippen LogP contribution in [0.3, 0.4) is 0 Å². The molecule has 0 bridgehead atoms. The molecule has 10 heteroatoms. The van der Waals surface area contributed by atoms with Crippen LogP contribution in [0.4, 0.5) is 5.69 Å². The van der Waals surface area contributed by atoms with Crippen molar-refractivity contribution in [1.82, 2.24) is 4.90 Å². The number of carbonyl (C=O) groups is 1. The van der Waals surface area contributed by atoms with E-state index in [1.165, 1.54) is 16.7 Å². The van der Waals surface area contributed by atoms with Gasteiger partial charge >= 0.3 is 0 Å². The Kier molecular flexibility index (Phi) is 5.67. The molecule has 1 unspecified atom stereocenters. The van der Waals surface area contributed by atoms with Crippen molar-refractivity contribution < 1.29 is 22.4 Å². The molecule has 1 aliphatic rings. The Morgan fingerprint density at radius 1 is 1.21 bits per heavy atom. The summed E-state index contributed by atoms with van der Waals surface area (Å²) in [7, 11) is 0. The molecular formula is C19H14N2O5S3. The highest BCUT2D eigenvalue weighted by Gasteiger charge is 2.32. The maximum absolute atomic E-state index is 12.7. The van der Waals surface area contributed by atoms with Crippen LogP contribution in [0.25, 0.3) is 17.4 Å². The number of anilines is 1. The average Bonchev–Trinajstić information content (AvgIpc) is 3.41. The minimum Gasteiger partial charge on any atom is -0.467 e. The Bertz CT molecular complexity index is 1100. The molecule has 0 saturated carbocycles. The number of thiocarbonyl (C=S) groups is 1. The zero-order valence-electron chi connectivity index (χ0n) is 14.7. The van der Waals surface area contributed by atoms with E-state index < -0.39 is 11.3 Å². The third-order valence-electron chi connectivity index (χ3n) is 4.04. The number of furan rings is 2. The van der Waals surface area contributed by atoms with E-state index in [2.05, 4.69) is 4.72 Å². The molecule has 0 spiro atoms. The smallest absolute Gasteiger partial charge is 0.266 e.